The standard InChI is InChI=1S/C22H23N3O2/c1-6-15-10-16(12-17(23)11-15)21-20-18(24-22(25-21)27-14(4)5)8-7-9-19(20)26-13(2)3/h1,7-14H,23H2,2-5H3. The third-order valence-electron chi connectivity index (χ3n) is 3.76. The second-order valence-electron chi connectivity index (χ2n) is 6.83. The van der Waals surface area contributed by atoms with Crippen LogP contribution >= 0.6 is 0 Å². The second kappa shape index (κ2) is 7.55. The van der Waals surface area contributed by atoms with Gasteiger partial charge in [-0.1, -0.05) is 12.0 Å². The molecular weight excluding hydrogens is 338 g/mol. The molecule has 5 nitrogen and oxygen atoms in total. The fourth-order valence-corrected chi connectivity index (χ4v) is 2.83. The van der Waals surface area contributed by atoms with Crippen LogP contribution in [0.5, 0.6) is 11.8 Å². The van der Waals surface area contributed by atoms with Gasteiger partial charge in [-0.2, -0.15) is 9.97 Å². The first kappa shape index (κ1) is 18.5. The maximum atomic E-state index is 6.05. The van der Waals surface area contributed by atoms with Crippen LogP contribution in [0.15, 0.2) is 36.4 Å². The third kappa shape index (κ3) is 4.12. The van der Waals surface area contributed by atoms with Crippen LogP contribution in [0.1, 0.15) is 33.3 Å². The zero-order valence-corrected chi connectivity index (χ0v) is 16.0. The topological polar surface area (TPSA) is 70.3 Å². The van der Waals surface area contributed by atoms with Crippen LogP contribution in [0.3, 0.4) is 0 Å². The molecule has 0 atom stereocenters. The summed E-state index contributed by atoms with van der Waals surface area (Å²) in [6.45, 7) is 7.82. The van der Waals surface area contributed by atoms with Crippen molar-refractivity contribution in [2.75, 3.05) is 5.73 Å². The van der Waals surface area contributed by atoms with Gasteiger partial charge in [-0.15, -0.1) is 6.42 Å². The molecule has 0 amide bonds. The summed E-state index contributed by atoms with van der Waals surface area (Å²) in [6, 6.07) is 11.5. The highest BCUT2D eigenvalue weighted by molar-refractivity contribution is 5.98. The summed E-state index contributed by atoms with van der Waals surface area (Å²) in [5, 5.41) is 0.802. The average molecular weight is 361 g/mol. The number of nitrogen functional groups attached to an aromatic ring is 1. The number of fused-ring (bicyclic) bond motifs is 1. The van der Waals surface area contributed by atoms with Crippen molar-refractivity contribution >= 4 is 16.6 Å². The Hall–Kier alpha value is -3.26. The molecule has 0 bridgehead atoms. The van der Waals surface area contributed by atoms with Crippen LogP contribution in [-0.4, -0.2) is 22.2 Å². The Morgan fingerprint density at radius 2 is 1.74 bits per heavy atom. The highest BCUT2D eigenvalue weighted by Gasteiger charge is 2.17. The number of anilines is 1. The molecule has 0 radical (unpaired) electrons. The molecule has 0 fully saturated rings. The summed E-state index contributed by atoms with van der Waals surface area (Å²) in [5.74, 6) is 3.34. The van der Waals surface area contributed by atoms with Crippen molar-refractivity contribution in [2.24, 2.45) is 0 Å². The Morgan fingerprint density at radius 1 is 1.00 bits per heavy atom. The van der Waals surface area contributed by atoms with Gasteiger partial charge in [0, 0.05) is 16.8 Å². The molecule has 0 aliphatic rings. The van der Waals surface area contributed by atoms with Gasteiger partial charge >= 0.3 is 6.01 Å². The molecule has 138 valence electrons. The fourth-order valence-electron chi connectivity index (χ4n) is 2.83. The summed E-state index contributed by atoms with van der Waals surface area (Å²) < 4.78 is 11.8. The van der Waals surface area contributed by atoms with Crippen LogP contribution in [0.2, 0.25) is 0 Å². The molecule has 3 rings (SSSR count). The molecule has 0 aliphatic heterocycles. The predicted molar refractivity (Wildman–Crippen MR) is 109 cm³/mol. The van der Waals surface area contributed by atoms with Gasteiger partial charge in [0.05, 0.1) is 28.8 Å². The molecule has 0 spiro atoms. The Kier molecular flexibility index (Phi) is 5.18. The van der Waals surface area contributed by atoms with Gasteiger partial charge in [-0.25, -0.2) is 0 Å². The lowest BCUT2D eigenvalue weighted by Crippen LogP contribution is -2.10. The summed E-state index contributed by atoms with van der Waals surface area (Å²) in [4.78, 5) is 9.21. The van der Waals surface area contributed by atoms with Gasteiger partial charge in [0.15, 0.2) is 0 Å². The highest BCUT2D eigenvalue weighted by atomic mass is 16.5. The van der Waals surface area contributed by atoms with E-state index in [2.05, 4.69) is 15.9 Å². The molecule has 1 aromatic heterocycles. The number of hydrogen-bond acceptors (Lipinski definition) is 5. The van der Waals surface area contributed by atoms with Gasteiger partial charge in [0.25, 0.3) is 0 Å². The van der Waals surface area contributed by atoms with E-state index in [9.17, 15) is 0 Å². The minimum atomic E-state index is -0.0486. The monoisotopic (exact) mass is 361 g/mol. The number of ether oxygens (including phenoxy) is 2. The Bertz CT molecular complexity index is 1020. The van der Waals surface area contributed by atoms with Crippen LogP contribution in [0, 0.1) is 12.3 Å². The van der Waals surface area contributed by atoms with Gasteiger partial charge in [-0.05, 0) is 58.0 Å². The Morgan fingerprint density at radius 3 is 2.41 bits per heavy atom. The SMILES string of the molecule is C#Cc1cc(N)cc(-c2nc(OC(C)C)nc3cccc(OC(C)C)c23)c1. The molecule has 1 heterocycles. The molecule has 3 aromatic rings. The minimum Gasteiger partial charge on any atom is -0.490 e. The van der Waals surface area contributed by atoms with Crippen molar-refractivity contribution in [3.05, 3.63) is 42.0 Å². The third-order valence-corrected chi connectivity index (χ3v) is 3.76. The molecule has 0 saturated carbocycles. The van der Waals surface area contributed by atoms with E-state index in [4.69, 9.17) is 21.6 Å². The summed E-state index contributed by atoms with van der Waals surface area (Å²) in [6.07, 6.45) is 5.54. The smallest absolute Gasteiger partial charge is 0.317 e. The number of rotatable bonds is 5. The first-order valence-corrected chi connectivity index (χ1v) is 8.89. The van der Waals surface area contributed by atoms with E-state index in [-0.39, 0.29) is 12.2 Å². The van der Waals surface area contributed by atoms with E-state index in [1.54, 1.807) is 6.07 Å². The highest BCUT2D eigenvalue weighted by Crippen LogP contribution is 2.36. The first-order chi connectivity index (χ1) is 12.9. The van der Waals surface area contributed by atoms with Crippen molar-refractivity contribution < 1.29 is 9.47 Å². The Balaban J connectivity index is 2.33. The van der Waals surface area contributed by atoms with E-state index in [0.29, 0.717) is 28.7 Å². The summed E-state index contributed by atoms with van der Waals surface area (Å²) in [7, 11) is 0. The lowest BCUT2D eigenvalue weighted by atomic mass is 10.0. The predicted octanol–water partition coefficient (Wildman–Crippen LogP) is 4.43. The van der Waals surface area contributed by atoms with Crippen molar-refractivity contribution in [1.82, 2.24) is 9.97 Å². The molecular formula is C22H23N3O2. The lowest BCUT2D eigenvalue weighted by Gasteiger charge is -2.16. The van der Waals surface area contributed by atoms with Crippen LogP contribution in [0.4, 0.5) is 5.69 Å². The van der Waals surface area contributed by atoms with Gasteiger partial charge < -0.3 is 15.2 Å². The average Bonchev–Trinajstić information content (AvgIpc) is 2.59. The maximum Gasteiger partial charge on any atom is 0.317 e. The lowest BCUT2D eigenvalue weighted by molar-refractivity contribution is 0.223. The van der Waals surface area contributed by atoms with E-state index < -0.39 is 0 Å². The number of aromatic nitrogens is 2. The molecule has 0 saturated heterocycles. The fraction of sp³-hybridized carbons (Fsp3) is 0.273. The molecule has 27 heavy (non-hydrogen) atoms. The first-order valence-electron chi connectivity index (χ1n) is 8.89. The van der Waals surface area contributed by atoms with Crippen LogP contribution in [0.25, 0.3) is 22.2 Å². The second-order valence-corrected chi connectivity index (χ2v) is 6.83. The molecule has 2 N–H and O–H groups in total. The maximum absolute atomic E-state index is 6.05. The summed E-state index contributed by atoms with van der Waals surface area (Å²) in [5.41, 5.74) is 9.51. The van der Waals surface area contributed by atoms with E-state index >= 15 is 0 Å². The quantitative estimate of drug-likeness (QED) is 0.537. The normalized spacial score (nSPS) is 11.0. The van der Waals surface area contributed by atoms with Gasteiger partial charge in [0.2, 0.25) is 0 Å². The number of terminal acetylenes is 1. The zero-order valence-electron chi connectivity index (χ0n) is 16.0. The molecule has 0 unspecified atom stereocenters. The van der Waals surface area contributed by atoms with Gasteiger partial charge in [0.1, 0.15) is 5.75 Å². The van der Waals surface area contributed by atoms with Crippen LogP contribution in [-0.2, 0) is 0 Å². The molecule has 5 heteroatoms. The zero-order chi connectivity index (χ0) is 19.6. The largest absolute Gasteiger partial charge is 0.490 e. The number of benzene rings is 2. The minimum absolute atomic E-state index is 0.0113. The Labute approximate surface area is 159 Å². The number of nitrogens with zero attached hydrogens (tertiary/aromatic N) is 2. The van der Waals surface area contributed by atoms with E-state index in [0.717, 1.165) is 16.5 Å². The summed E-state index contributed by atoms with van der Waals surface area (Å²) >= 11 is 0. The van der Waals surface area contributed by atoms with Gasteiger partial charge in [-0.3, -0.25) is 0 Å². The van der Waals surface area contributed by atoms with Crippen molar-refractivity contribution in [3.8, 4) is 35.4 Å². The van der Waals surface area contributed by atoms with Crippen molar-refractivity contribution in [3.63, 3.8) is 0 Å². The number of nitrogens with two attached hydrogens (primary N) is 1. The molecule has 0 aliphatic carbocycles. The van der Waals surface area contributed by atoms with E-state index in [1.807, 2.05) is 58.0 Å². The molecule has 2 aromatic carbocycles. The van der Waals surface area contributed by atoms with Crippen molar-refractivity contribution in [1.29, 1.82) is 0 Å². The van der Waals surface area contributed by atoms with Crippen molar-refractivity contribution in [2.45, 2.75) is 39.9 Å². The number of hydrogen-bond donors (Lipinski definition) is 1. The van der Waals surface area contributed by atoms with Crippen LogP contribution < -0.4 is 15.2 Å². The van der Waals surface area contributed by atoms with E-state index in [1.165, 1.54) is 0 Å².